The molecule has 4 heterocycles. The highest BCUT2D eigenvalue weighted by Gasteiger charge is 2.23. The summed E-state index contributed by atoms with van der Waals surface area (Å²) >= 11 is 1.15. The van der Waals surface area contributed by atoms with Crippen molar-refractivity contribution >= 4 is 22.4 Å². The number of pyridine rings is 2. The van der Waals surface area contributed by atoms with Gasteiger partial charge in [-0.05, 0) is 37.0 Å². The van der Waals surface area contributed by atoms with Crippen molar-refractivity contribution in [3.63, 3.8) is 0 Å². The van der Waals surface area contributed by atoms with E-state index in [9.17, 15) is 13.6 Å². The summed E-state index contributed by atoms with van der Waals surface area (Å²) in [4.78, 5) is 21.6. The molecule has 0 radical (unpaired) electrons. The van der Waals surface area contributed by atoms with Gasteiger partial charge >= 0.3 is 0 Å². The summed E-state index contributed by atoms with van der Waals surface area (Å²) in [6.45, 7) is 1.01. The molecule has 5 rings (SSSR count). The first-order valence-corrected chi connectivity index (χ1v) is 12.8. The number of amides is 1. The lowest BCUT2D eigenvalue weighted by molar-refractivity contribution is 0.102. The van der Waals surface area contributed by atoms with Gasteiger partial charge in [-0.15, -0.1) is 10.2 Å². The number of aromatic nitrogens is 6. The summed E-state index contributed by atoms with van der Waals surface area (Å²) < 4.78 is 39.3. The highest BCUT2D eigenvalue weighted by atomic mass is 32.1. The molecule has 4 aromatic rings. The number of halogens is 2. The van der Waals surface area contributed by atoms with Gasteiger partial charge in [-0.1, -0.05) is 17.3 Å². The fraction of sp³-hybridized carbons (Fsp3) is 0.308. The molecule has 1 amide bonds. The average Bonchev–Trinajstić information content (AvgIpc) is 3.47. The average molecular weight is 552 g/mol. The predicted octanol–water partition coefficient (Wildman–Crippen LogP) is 4.47. The van der Waals surface area contributed by atoms with Gasteiger partial charge in [0.05, 0.1) is 37.7 Å². The number of rotatable bonds is 9. The Hall–Kier alpha value is -4.28. The van der Waals surface area contributed by atoms with Crippen LogP contribution in [-0.2, 0) is 11.3 Å². The summed E-state index contributed by atoms with van der Waals surface area (Å²) in [6.07, 6.45) is 3.69. The van der Waals surface area contributed by atoms with Crippen LogP contribution in [0.1, 0.15) is 40.3 Å². The highest BCUT2D eigenvalue weighted by molar-refractivity contribution is 7.15. The zero-order valence-electron chi connectivity index (χ0n) is 21.0. The molecule has 39 heavy (non-hydrogen) atoms. The molecule has 1 aliphatic rings. The van der Waals surface area contributed by atoms with E-state index in [4.69, 9.17) is 9.47 Å². The largest absolute Gasteiger partial charge is 0.494 e. The molecule has 1 aliphatic carbocycles. The minimum atomic E-state index is -2.82. The standard InChI is InChI=1S/C26H23F2N7O3S/c1-37-10-9-35-8-7-19(34-35)20-11-16(17-12-21(24(27)28)30-14-22(17)38-2)18(13-29-20)25(36)31-26-33-32-23(39-26)6-5-15-3-4-15/h7-8,11-15,24H,3-4,9-10H2,1-2H3,(H,31,33,36). The molecule has 0 atom stereocenters. The highest BCUT2D eigenvalue weighted by Crippen LogP contribution is 2.36. The van der Waals surface area contributed by atoms with Crippen molar-refractivity contribution in [2.24, 2.45) is 5.92 Å². The Morgan fingerprint density at radius 2 is 2.03 bits per heavy atom. The van der Waals surface area contributed by atoms with Crippen LogP contribution in [-0.4, -0.2) is 56.7 Å². The quantitative estimate of drug-likeness (QED) is 0.303. The lowest BCUT2D eigenvalue weighted by Gasteiger charge is -2.14. The Labute approximate surface area is 226 Å². The molecule has 1 saturated carbocycles. The number of anilines is 1. The molecule has 0 saturated heterocycles. The Kier molecular flexibility index (Phi) is 7.85. The summed E-state index contributed by atoms with van der Waals surface area (Å²) in [5.41, 5.74) is 1.19. The first-order valence-electron chi connectivity index (χ1n) is 12.0. The summed E-state index contributed by atoms with van der Waals surface area (Å²) in [5.74, 6) is 6.14. The Balaban J connectivity index is 1.53. The zero-order valence-corrected chi connectivity index (χ0v) is 21.8. The van der Waals surface area contributed by atoms with Gasteiger partial charge in [0, 0.05) is 36.5 Å². The van der Waals surface area contributed by atoms with Gasteiger partial charge in [-0.25, -0.2) is 8.78 Å². The molecule has 0 spiro atoms. The second-order valence-electron chi connectivity index (χ2n) is 8.59. The molecule has 1 N–H and O–H groups in total. The van der Waals surface area contributed by atoms with Gasteiger partial charge in [0.1, 0.15) is 17.1 Å². The number of nitrogens with one attached hydrogen (secondary N) is 1. The van der Waals surface area contributed by atoms with Crippen LogP contribution in [0.5, 0.6) is 5.75 Å². The van der Waals surface area contributed by atoms with Crippen LogP contribution in [0.25, 0.3) is 22.5 Å². The minimum Gasteiger partial charge on any atom is -0.494 e. The fourth-order valence-electron chi connectivity index (χ4n) is 3.64. The number of ether oxygens (including phenoxy) is 2. The normalized spacial score (nSPS) is 12.7. The third-order valence-electron chi connectivity index (χ3n) is 5.80. The number of carbonyl (C=O) groups excluding carboxylic acids is 1. The number of alkyl halides is 2. The molecule has 0 bridgehead atoms. The second-order valence-corrected chi connectivity index (χ2v) is 9.57. The molecule has 13 heteroatoms. The van der Waals surface area contributed by atoms with Crippen LogP contribution >= 0.6 is 11.3 Å². The third kappa shape index (κ3) is 6.24. The minimum absolute atomic E-state index is 0.114. The number of hydrogen-bond acceptors (Lipinski definition) is 9. The molecule has 10 nitrogen and oxygen atoms in total. The van der Waals surface area contributed by atoms with E-state index in [0.29, 0.717) is 41.0 Å². The predicted molar refractivity (Wildman–Crippen MR) is 140 cm³/mol. The SMILES string of the molecule is COCCn1ccc(-c2cc(-c3cc(C(F)F)ncc3OC)c(C(=O)Nc3nnc(C#CC4CC4)s3)cn2)n1. The van der Waals surface area contributed by atoms with E-state index < -0.39 is 18.0 Å². The van der Waals surface area contributed by atoms with Crippen molar-refractivity contribution in [2.45, 2.75) is 25.8 Å². The van der Waals surface area contributed by atoms with E-state index in [1.54, 1.807) is 30.1 Å². The monoisotopic (exact) mass is 551 g/mol. The molecule has 4 aromatic heterocycles. The molecule has 0 unspecified atom stereocenters. The number of methoxy groups -OCH3 is 2. The molecular weight excluding hydrogens is 528 g/mol. The van der Waals surface area contributed by atoms with Crippen molar-refractivity contribution < 1.29 is 23.0 Å². The number of carbonyl (C=O) groups is 1. The van der Waals surface area contributed by atoms with Gasteiger partial charge in [-0.2, -0.15) is 5.10 Å². The maximum atomic E-state index is 13.6. The van der Waals surface area contributed by atoms with Crippen molar-refractivity contribution in [3.8, 4) is 40.1 Å². The van der Waals surface area contributed by atoms with Crippen LogP contribution in [0.3, 0.4) is 0 Å². The number of nitrogens with zero attached hydrogens (tertiary/aromatic N) is 6. The van der Waals surface area contributed by atoms with E-state index in [1.807, 2.05) is 0 Å². The van der Waals surface area contributed by atoms with Crippen LogP contribution in [0.4, 0.5) is 13.9 Å². The van der Waals surface area contributed by atoms with Crippen LogP contribution in [0.15, 0.2) is 36.8 Å². The Morgan fingerprint density at radius 1 is 1.18 bits per heavy atom. The molecule has 1 fully saturated rings. The maximum absolute atomic E-state index is 13.6. The molecular formula is C26H23F2N7O3S. The van der Waals surface area contributed by atoms with E-state index in [2.05, 4.69) is 42.4 Å². The van der Waals surface area contributed by atoms with Crippen molar-refractivity contribution in [3.05, 3.63) is 53.1 Å². The van der Waals surface area contributed by atoms with Crippen molar-refractivity contribution in [2.75, 3.05) is 26.1 Å². The van der Waals surface area contributed by atoms with Gasteiger partial charge < -0.3 is 9.47 Å². The lowest BCUT2D eigenvalue weighted by Crippen LogP contribution is -2.14. The van der Waals surface area contributed by atoms with Crippen LogP contribution in [0.2, 0.25) is 0 Å². The summed E-state index contributed by atoms with van der Waals surface area (Å²) in [6, 6.07) is 4.58. The first kappa shape index (κ1) is 26.3. The van der Waals surface area contributed by atoms with E-state index in [1.165, 1.54) is 25.6 Å². The van der Waals surface area contributed by atoms with Crippen LogP contribution in [0, 0.1) is 17.8 Å². The summed E-state index contributed by atoms with van der Waals surface area (Å²) in [7, 11) is 3.00. The van der Waals surface area contributed by atoms with Gasteiger partial charge in [0.2, 0.25) is 5.13 Å². The lowest BCUT2D eigenvalue weighted by atomic mass is 9.98. The van der Waals surface area contributed by atoms with E-state index >= 15 is 0 Å². The fourth-order valence-corrected chi connectivity index (χ4v) is 4.24. The molecule has 0 aromatic carbocycles. The molecule has 200 valence electrons. The first-order chi connectivity index (χ1) is 18.9. The smallest absolute Gasteiger partial charge is 0.280 e. The topological polar surface area (TPSA) is 117 Å². The maximum Gasteiger partial charge on any atom is 0.280 e. The van der Waals surface area contributed by atoms with Gasteiger partial charge in [0.25, 0.3) is 12.3 Å². The zero-order chi connectivity index (χ0) is 27.4. The Morgan fingerprint density at radius 3 is 2.77 bits per heavy atom. The second kappa shape index (κ2) is 11.6. The third-order valence-corrected chi connectivity index (χ3v) is 6.56. The van der Waals surface area contributed by atoms with Gasteiger partial charge in [0.15, 0.2) is 5.01 Å². The molecule has 0 aliphatic heterocycles. The van der Waals surface area contributed by atoms with Crippen molar-refractivity contribution in [1.29, 1.82) is 0 Å². The van der Waals surface area contributed by atoms with Crippen LogP contribution < -0.4 is 10.1 Å². The van der Waals surface area contributed by atoms with E-state index in [-0.39, 0.29) is 22.0 Å². The summed E-state index contributed by atoms with van der Waals surface area (Å²) in [5, 5.41) is 16.0. The number of hydrogen-bond donors (Lipinski definition) is 1. The van der Waals surface area contributed by atoms with Gasteiger partial charge in [-0.3, -0.25) is 24.8 Å². The van der Waals surface area contributed by atoms with E-state index in [0.717, 1.165) is 24.2 Å². The van der Waals surface area contributed by atoms with Crippen molar-refractivity contribution in [1.82, 2.24) is 29.9 Å². The Bertz CT molecular complexity index is 1560.